The van der Waals surface area contributed by atoms with Crippen LogP contribution in [0.3, 0.4) is 0 Å². The van der Waals surface area contributed by atoms with Crippen LogP contribution in [0, 0.1) is 0 Å². The third-order valence-corrected chi connectivity index (χ3v) is 3.27. The van der Waals surface area contributed by atoms with E-state index >= 15 is 0 Å². The molecule has 23 heavy (non-hydrogen) atoms. The summed E-state index contributed by atoms with van der Waals surface area (Å²) in [4.78, 5) is 0. The molecular weight excluding hydrogens is 348 g/mol. The number of hydrogen-bond acceptors (Lipinski definition) is 6. The highest BCUT2D eigenvalue weighted by molar-refractivity contribution is 7.87. The van der Waals surface area contributed by atoms with E-state index < -0.39 is 20.6 Å². The lowest BCUT2D eigenvalue weighted by molar-refractivity contribution is 0.468. The molecule has 0 aliphatic carbocycles. The second-order valence-corrected chi connectivity index (χ2v) is 6.53. The van der Waals surface area contributed by atoms with E-state index in [1.165, 1.54) is 42.5 Å². The standard InChI is InChI=1S/C12H12N2O7S2/c13-22(15,16)21-10-5-3-4-9(8-10)20-12-7-2-1-6-11(12)14-23(17,18)19/h1-8,14H,(H2,13,15,16)(H,17,18,19). The van der Waals surface area contributed by atoms with Crippen molar-refractivity contribution in [2.24, 2.45) is 5.14 Å². The summed E-state index contributed by atoms with van der Waals surface area (Å²) in [5.74, 6) is 0.166. The summed E-state index contributed by atoms with van der Waals surface area (Å²) in [6.07, 6.45) is 0. The van der Waals surface area contributed by atoms with Gasteiger partial charge in [-0.25, -0.2) is 0 Å². The fraction of sp³-hybridized carbons (Fsp3) is 0. The Morgan fingerprint density at radius 1 is 0.957 bits per heavy atom. The molecule has 11 heteroatoms. The van der Waals surface area contributed by atoms with E-state index in [-0.39, 0.29) is 22.9 Å². The predicted octanol–water partition coefficient (Wildman–Crippen LogP) is 1.28. The largest absolute Gasteiger partial charge is 0.455 e. The molecule has 0 aromatic heterocycles. The minimum Gasteiger partial charge on any atom is -0.455 e. The zero-order valence-corrected chi connectivity index (χ0v) is 13.0. The van der Waals surface area contributed by atoms with Crippen molar-refractivity contribution >= 4 is 26.3 Å². The summed E-state index contributed by atoms with van der Waals surface area (Å²) in [6.45, 7) is 0. The SMILES string of the molecule is NS(=O)(=O)Oc1cccc(Oc2ccccc2NS(=O)(=O)O)c1. The smallest absolute Gasteiger partial charge is 0.380 e. The molecule has 0 aliphatic rings. The summed E-state index contributed by atoms with van der Waals surface area (Å²) in [5, 5.41) is 4.77. The van der Waals surface area contributed by atoms with Crippen molar-refractivity contribution in [3.63, 3.8) is 0 Å². The number of rotatable bonds is 6. The molecule has 0 aliphatic heterocycles. The van der Waals surface area contributed by atoms with Crippen LogP contribution in [-0.4, -0.2) is 21.4 Å². The monoisotopic (exact) mass is 360 g/mol. The number of nitrogens with two attached hydrogens (primary N) is 1. The maximum atomic E-state index is 10.9. The van der Waals surface area contributed by atoms with Gasteiger partial charge in [-0.3, -0.25) is 9.27 Å². The summed E-state index contributed by atoms with van der Waals surface area (Å²) < 4.78 is 64.3. The number of anilines is 1. The lowest BCUT2D eigenvalue weighted by Gasteiger charge is -2.12. The lowest BCUT2D eigenvalue weighted by atomic mass is 10.3. The first-order chi connectivity index (χ1) is 10.6. The van der Waals surface area contributed by atoms with Gasteiger partial charge in [0.1, 0.15) is 11.5 Å². The van der Waals surface area contributed by atoms with Gasteiger partial charge in [0.25, 0.3) is 0 Å². The van der Waals surface area contributed by atoms with Crippen LogP contribution >= 0.6 is 0 Å². The van der Waals surface area contributed by atoms with Gasteiger partial charge in [-0.05, 0) is 24.3 Å². The van der Waals surface area contributed by atoms with Gasteiger partial charge >= 0.3 is 20.6 Å². The summed E-state index contributed by atoms with van der Waals surface area (Å²) in [5.41, 5.74) is -0.00670. The first-order valence-electron chi connectivity index (χ1n) is 5.97. The minimum atomic E-state index is -4.47. The van der Waals surface area contributed by atoms with Gasteiger partial charge in [-0.1, -0.05) is 18.2 Å². The zero-order chi connectivity index (χ0) is 17.1. The average Bonchev–Trinajstić information content (AvgIpc) is 2.38. The molecule has 0 fully saturated rings. The molecule has 2 aromatic carbocycles. The first kappa shape index (κ1) is 17.0. The van der Waals surface area contributed by atoms with Crippen molar-refractivity contribution in [1.82, 2.24) is 0 Å². The Morgan fingerprint density at radius 2 is 1.61 bits per heavy atom. The van der Waals surface area contributed by atoms with Gasteiger partial charge in [0.05, 0.1) is 5.69 Å². The molecule has 2 rings (SSSR count). The van der Waals surface area contributed by atoms with Crippen LogP contribution in [-0.2, 0) is 20.6 Å². The Bertz CT molecular complexity index is 911. The summed E-state index contributed by atoms with van der Waals surface area (Å²) in [7, 11) is -8.65. The maximum absolute atomic E-state index is 10.9. The van der Waals surface area contributed by atoms with Crippen LogP contribution in [0.25, 0.3) is 0 Å². The fourth-order valence-corrected chi connectivity index (χ4v) is 2.45. The van der Waals surface area contributed by atoms with E-state index in [1.54, 1.807) is 6.07 Å². The molecule has 2 aromatic rings. The van der Waals surface area contributed by atoms with E-state index in [0.717, 1.165) is 0 Å². The molecule has 0 saturated heterocycles. The van der Waals surface area contributed by atoms with E-state index in [1.807, 2.05) is 4.72 Å². The van der Waals surface area contributed by atoms with Crippen LogP contribution < -0.4 is 18.8 Å². The molecular formula is C12H12N2O7S2. The molecule has 0 spiro atoms. The van der Waals surface area contributed by atoms with Gasteiger partial charge in [0.2, 0.25) is 0 Å². The quantitative estimate of drug-likeness (QED) is 0.658. The van der Waals surface area contributed by atoms with E-state index in [9.17, 15) is 16.8 Å². The van der Waals surface area contributed by atoms with Crippen LogP contribution in [0.5, 0.6) is 17.2 Å². The second-order valence-electron chi connectivity index (χ2n) is 4.23. The maximum Gasteiger partial charge on any atom is 0.380 e. The Labute approximate surface area is 132 Å². The normalized spacial score (nSPS) is 11.7. The highest BCUT2D eigenvalue weighted by Gasteiger charge is 2.11. The average molecular weight is 360 g/mol. The molecule has 4 N–H and O–H groups in total. The molecule has 0 heterocycles. The minimum absolute atomic E-state index is 0.00670. The van der Waals surface area contributed by atoms with Crippen molar-refractivity contribution < 1.29 is 30.3 Å². The number of ether oxygens (including phenoxy) is 1. The van der Waals surface area contributed by atoms with Crippen LogP contribution in [0.15, 0.2) is 48.5 Å². The number of para-hydroxylation sites is 2. The van der Waals surface area contributed by atoms with Gasteiger partial charge in [-0.2, -0.15) is 22.0 Å². The Balaban J connectivity index is 2.28. The van der Waals surface area contributed by atoms with Crippen molar-refractivity contribution in [1.29, 1.82) is 0 Å². The van der Waals surface area contributed by atoms with Gasteiger partial charge < -0.3 is 8.92 Å². The highest BCUT2D eigenvalue weighted by atomic mass is 32.2. The van der Waals surface area contributed by atoms with Crippen molar-refractivity contribution in [3.05, 3.63) is 48.5 Å². The molecule has 0 radical (unpaired) electrons. The lowest BCUT2D eigenvalue weighted by Crippen LogP contribution is -2.18. The highest BCUT2D eigenvalue weighted by Crippen LogP contribution is 2.31. The molecule has 0 saturated carbocycles. The molecule has 9 nitrogen and oxygen atoms in total. The van der Waals surface area contributed by atoms with Crippen molar-refractivity contribution in [2.75, 3.05) is 4.72 Å². The molecule has 0 atom stereocenters. The number of nitrogens with one attached hydrogen (secondary N) is 1. The van der Waals surface area contributed by atoms with E-state index in [0.29, 0.717) is 0 Å². The first-order valence-corrected chi connectivity index (χ1v) is 8.88. The third-order valence-electron chi connectivity index (χ3n) is 2.37. The summed E-state index contributed by atoms with van der Waals surface area (Å²) in [6, 6.07) is 11.5. The topological polar surface area (TPSA) is 145 Å². The zero-order valence-electron chi connectivity index (χ0n) is 11.4. The van der Waals surface area contributed by atoms with Crippen LogP contribution in [0.2, 0.25) is 0 Å². The molecule has 0 amide bonds. The van der Waals surface area contributed by atoms with E-state index in [4.69, 9.17) is 14.4 Å². The third kappa shape index (κ3) is 5.75. The van der Waals surface area contributed by atoms with Gasteiger partial charge in [-0.15, -0.1) is 0 Å². The van der Waals surface area contributed by atoms with Crippen LogP contribution in [0.4, 0.5) is 5.69 Å². The number of benzene rings is 2. The van der Waals surface area contributed by atoms with E-state index in [2.05, 4.69) is 4.18 Å². The van der Waals surface area contributed by atoms with Crippen molar-refractivity contribution in [3.8, 4) is 17.2 Å². The fourth-order valence-electron chi connectivity index (χ4n) is 1.63. The predicted molar refractivity (Wildman–Crippen MR) is 81.9 cm³/mol. The van der Waals surface area contributed by atoms with Gasteiger partial charge in [0, 0.05) is 6.07 Å². The number of hydrogen-bond donors (Lipinski definition) is 3. The second kappa shape index (κ2) is 6.42. The Morgan fingerprint density at radius 3 is 2.26 bits per heavy atom. The molecule has 0 unspecified atom stereocenters. The molecule has 124 valence electrons. The molecule has 0 bridgehead atoms. The summed E-state index contributed by atoms with van der Waals surface area (Å²) >= 11 is 0. The van der Waals surface area contributed by atoms with Crippen LogP contribution in [0.1, 0.15) is 0 Å². The van der Waals surface area contributed by atoms with Crippen molar-refractivity contribution in [2.45, 2.75) is 0 Å². The van der Waals surface area contributed by atoms with Gasteiger partial charge in [0.15, 0.2) is 5.75 Å². The Hall–Kier alpha value is -2.34. The Kier molecular flexibility index (Phi) is 4.75.